The van der Waals surface area contributed by atoms with Gasteiger partial charge in [-0.15, -0.1) is 11.6 Å². The Labute approximate surface area is 501 Å². The van der Waals surface area contributed by atoms with Crippen molar-refractivity contribution in [2.45, 2.75) is 330 Å². The number of hydrogen-bond acceptors (Lipinski definition) is 11. The second-order valence-electron chi connectivity index (χ2n) is 31.2. The minimum atomic E-state index is -0.823. The Hall–Kier alpha value is -1.57. The molecule has 20 unspecified atom stereocenters. The fourth-order valence-electron chi connectivity index (χ4n) is 21.2. The number of carbonyl (C=O) groups is 2. The number of azo groups is 2. The van der Waals surface area contributed by atoms with Crippen LogP contribution in [0.4, 0.5) is 0 Å². The first-order valence-electron chi connectivity index (χ1n) is 35.8. The van der Waals surface area contributed by atoms with E-state index in [1.807, 2.05) is 0 Å². The summed E-state index contributed by atoms with van der Waals surface area (Å²) in [6, 6.07) is 2.23. The van der Waals surface area contributed by atoms with E-state index >= 15 is 0 Å². The zero-order valence-corrected chi connectivity index (χ0v) is 52.1. The van der Waals surface area contributed by atoms with Crippen LogP contribution >= 0.6 is 11.6 Å². The number of rotatable bonds is 16. The van der Waals surface area contributed by atoms with Gasteiger partial charge in [0.1, 0.15) is 17.9 Å². The van der Waals surface area contributed by atoms with Crippen molar-refractivity contribution in [3.05, 3.63) is 0 Å². The van der Waals surface area contributed by atoms with Gasteiger partial charge in [-0.05, 0) is 226 Å². The highest BCUT2D eigenvalue weighted by Gasteiger charge is 2.55. The predicted octanol–water partition coefficient (Wildman–Crippen LogP) is 14.7. The Morgan fingerprint density at radius 3 is 1.68 bits per heavy atom. The molecule has 12 aliphatic rings. The van der Waals surface area contributed by atoms with Crippen LogP contribution in [-0.4, -0.2) is 105 Å². The second kappa shape index (κ2) is 28.3. The van der Waals surface area contributed by atoms with E-state index < -0.39 is 18.1 Å². The molecule has 12 aliphatic carbocycles. The minimum absolute atomic E-state index is 0.0105. The van der Waals surface area contributed by atoms with Gasteiger partial charge in [0.2, 0.25) is 5.91 Å². The molecule has 0 aromatic heterocycles. The van der Waals surface area contributed by atoms with Gasteiger partial charge < -0.3 is 20.4 Å². The van der Waals surface area contributed by atoms with E-state index in [2.05, 4.69) is 29.5 Å². The number of nitrogens with one attached hydrogen (secondary N) is 2. The van der Waals surface area contributed by atoms with E-state index in [1.165, 1.54) is 141 Å². The summed E-state index contributed by atoms with van der Waals surface area (Å²) in [6.45, 7) is 5.41. The Morgan fingerprint density at radius 2 is 1.07 bits per heavy atom. The highest BCUT2D eigenvalue weighted by Crippen LogP contribution is 2.54. The number of hydrogen-bond donors (Lipinski definition) is 4. The minimum Gasteiger partial charge on any atom is -0.390 e. The number of Topliss-reactive ketones (excluding diaryl/α,β-unsaturated/α-hetero) is 1. The highest BCUT2D eigenvalue weighted by atomic mass is 35.5. The van der Waals surface area contributed by atoms with Gasteiger partial charge in [0.05, 0.1) is 42.2 Å². The normalized spacial score (nSPS) is 47.6. The third-order valence-electron chi connectivity index (χ3n) is 26.0. The van der Waals surface area contributed by atoms with Crippen molar-refractivity contribution in [3.8, 4) is 0 Å². The van der Waals surface area contributed by atoms with Crippen molar-refractivity contribution in [1.29, 1.82) is 0 Å². The van der Waals surface area contributed by atoms with Gasteiger partial charge >= 0.3 is 0 Å². The van der Waals surface area contributed by atoms with E-state index in [9.17, 15) is 19.8 Å². The Kier molecular flexibility index (Phi) is 20.9. The average Bonchev–Trinajstić information content (AvgIpc) is 3.68. The molecule has 1 amide bonds. The molecule has 13 heteroatoms. The lowest BCUT2D eigenvalue weighted by Gasteiger charge is -2.49. The lowest BCUT2D eigenvalue weighted by molar-refractivity contribution is -0.135. The number of aliphatic hydroxyl groups excluding tert-OH is 2. The van der Waals surface area contributed by atoms with Gasteiger partial charge in [-0.25, -0.2) is 0 Å². The van der Waals surface area contributed by atoms with Crippen LogP contribution in [0.25, 0.3) is 0 Å². The summed E-state index contributed by atoms with van der Waals surface area (Å²) in [5.41, 5.74) is 3.27. The topological polar surface area (TPSA) is 161 Å². The summed E-state index contributed by atoms with van der Waals surface area (Å²) in [4.78, 5) is 38.2. The molecule has 82 heavy (non-hydrogen) atoms. The second-order valence-corrected chi connectivity index (χ2v) is 31.7. The summed E-state index contributed by atoms with van der Waals surface area (Å²) < 4.78 is 0. The Morgan fingerprint density at radius 1 is 0.537 bits per heavy atom. The largest absolute Gasteiger partial charge is 0.390 e. The molecular formula is C69H114ClN7O5. The van der Waals surface area contributed by atoms with Crippen molar-refractivity contribution in [2.24, 2.45) is 103 Å². The van der Waals surface area contributed by atoms with Crippen LogP contribution in [0.3, 0.4) is 0 Å². The summed E-state index contributed by atoms with van der Waals surface area (Å²) in [5.74, 6) is 5.77. The smallest absolute Gasteiger partial charge is 0.226 e. The standard InChI is InChI=1S/C69H114ClN7O5/c1-42-18-28-52(29-19-42)77(53-30-20-43(2)21-31-53)54-32-24-44(25-33-54)22-23-45-10-9-13-49(36-45)71-69(81)61-38-47-12-4-6-15-56(47)65(68(61)80)75-73-51-27-35-58-57-34-26-50(39-59(57)67(79)60(58)40-51)72-74-64-55-14-5-3-11-46(55)37-48(66(64)78)41-82-76-63-17-8-7-16-62(63)70/h42-66,68,76,78,80H,3-41H2,1-2H3,(H,71,81). The van der Waals surface area contributed by atoms with E-state index in [4.69, 9.17) is 36.9 Å². The molecule has 20 atom stereocenters. The maximum absolute atomic E-state index is 14.5. The molecule has 0 spiro atoms. The predicted molar refractivity (Wildman–Crippen MR) is 325 cm³/mol. The molecule has 12 rings (SSSR count). The summed E-state index contributed by atoms with van der Waals surface area (Å²) in [6.07, 6.45) is 43.6. The van der Waals surface area contributed by atoms with Crippen LogP contribution < -0.4 is 10.8 Å². The number of carbonyl (C=O) groups excluding carboxylic acids is 2. The van der Waals surface area contributed by atoms with Crippen LogP contribution in [0.5, 0.6) is 0 Å². The zero-order chi connectivity index (χ0) is 56.3. The van der Waals surface area contributed by atoms with Gasteiger partial charge in [0, 0.05) is 48.0 Å². The number of alkyl halides is 1. The SMILES string of the molecule is CC1CCC(N(C2CCC(C)CC2)C2CCC(CCC3CCCC(NC(=O)C4CC5CCCCC5C(N=NC5CCC6C(C5)C(=O)C5CC(N=NC7C(O)C(CONC8CCCCC8Cl)CC8CCCCC87)CCC56)C4O)C3)CC2)CC1. The van der Waals surface area contributed by atoms with Crippen LogP contribution in [0.1, 0.15) is 258 Å². The number of nitrogens with zero attached hydrogens (tertiary/aromatic N) is 5. The third-order valence-corrected chi connectivity index (χ3v) is 26.6. The Balaban J connectivity index is 0.611. The van der Waals surface area contributed by atoms with Crippen LogP contribution in [0.15, 0.2) is 20.5 Å². The fourth-order valence-corrected chi connectivity index (χ4v) is 21.5. The molecule has 0 radical (unpaired) electrons. The number of aliphatic hydroxyl groups is 2. The van der Waals surface area contributed by atoms with Crippen molar-refractivity contribution >= 4 is 23.3 Å². The fraction of sp³-hybridized carbons (Fsp3) is 0.971. The molecule has 0 aromatic carbocycles. The number of amides is 1. The Bertz CT molecular complexity index is 2090. The molecule has 12 fully saturated rings. The van der Waals surface area contributed by atoms with Crippen molar-refractivity contribution in [2.75, 3.05) is 6.61 Å². The van der Waals surface area contributed by atoms with Crippen molar-refractivity contribution in [1.82, 2.24) is 15.7 Å². The molecule has 0 aromatic rings. The average molecular weight is 1160 g/mol. The van der Waals surface area contributed by atoms with Gasteiger partial charge in [-0.2, -0.15) is 25.9 Å². The van der Waals surface area contributed by atoms with Gasteiger partial charge in [0.15, 0.2) is 0 Å². The quantitative estimate of drug-likeness (QED) is 0.0680. The molecular weight excluding hydrogens is 1040 g/mol. The highest BCUT2D eigenvalue weighted by molar-refractivity contribution is 6.21. The van der Waals surface area contributed by atoms with Crippen LogP contribution in [0.2, 0.25) is 0 Å². The number of ketones is 1. The van der Waals surface area contributed by atoms with Gasteiger partial charge in [-0.1, -0.05) is 90.9 Å². The monoisotopic (exact) mass is 1160 g/mol. The summed E-state index contributed by atoms with van der Waals surface area (Å²) >= 11 is 6.63. The first kappa shape index (κ1) is 60.7. The molecule has 0 bridgehead atoms. The van der Waals surface area contributed by atoms with Crippen LogP contribution in [0, 0.1) is 82.9 Å². The lowest BCUT2D eigenvalue weighted by atomic mass is 9.63. The van der Waals surface area contributed by atoms with E-state index in [1.54, 1.807) is 0 Å². The number of hydroxylamine groups is 1. The number of halogens is 1. The molecule has 12 nitrogen and oxygen atoms in total. The molecule has 4 N–H and O–H groups in total. The molecule has 0 saturated heterocycles. The summed E-state index contributed by atoms with van der Waals surface area (Å²) in [5, 5.41) is 48.1. The van der Waals surface area contributed by atoms with E-state index in [0.29, 0.717) is 47.9 Å². The number of fused-ring (bicyclic) bond motifs is 5. The third kappa shape index (κ3) is 14.1. The molecule has 0 aliphatic heterocycles. The van der Waals surface area contributed by atoms with Crippen molar-refractivity contribution in [3.63, 3.8) is 0 Å². The summed E-state index contributed by atoms with van der Waals surface area (Å²) in [7, 11) is 0. The maximum Gasteiger partial charge on any atom is 0.226 e. The lowest BCUT2D eigenvalue weighted by Crippen LogP contribution is -2.54. The van der Waals surface area contributed by atoms with Gasteiger partial charge in [0.25, 0.3) is 0 Å². The molecule has 0 heterocycles. The first-order valence-corrected chi connectivity index (χ1v) is 36.2. The van der Waals surface area contributed by atoms with E-state index in [-0.39, 0.29) is 71.2 Å². The molecule has 12 saturated carbocycles. The molecule has 462 valence electrons. The van der Waals surface area contributed by atoms with E-state index in [0.717, 1.165) is 139 Å². The van der Waals surface area contributed by atoms with Crippen molar-refractivity contribution < 1.29 is 24.6 Å². The van der Waals surface area contributed by atoms with Gasteiger partial charge in [-0.3, -0.25) is 14.5 Å². The zero-order valence-electron chi connectivity index (χ0n) is 51.3. The maximum atomic E-state index is 14.5. The van der Waals surface area contributed by atoms with Crippen LogP contribution in [-0.2, 0) is 14.4 Å². The first-order chi connectivity index (χ1) is 40.0.